The van der Waals surface area contributed by atoms with E-state index in [0.29, 0.717) is 6.04 Å². The van der Waals surface area contributed by atoms with Gasteiger partial charge in [0.2, 0.25) is 0 Å². The van der Waals surface area contributed by atoms with Gasteiger partial charge in [-0.15, -0.1) is 11.3 Å². The SMILES string of the molecule is CS(=O)(=O)[C@H]1CCC[C@@H](NCc2cc3ccccc3s2)C1. The first-order valence-electron chi connectivity index (χ1n) is 7.42. The van der Waals surface area contributed by atoms with Crippen molar-refractivity contribution in [1.29, 1.82) is 0 Å². The second-order valence-corrected chi connectivity index (χ2v) is 9.44. The lowest BCUT2D eigenvalue weighted by atomic mass is 9.95. The second-order valence-electron chi connectivity index (χ2n) is 5.95. The predicted octanol–water partition coefficient (Wildman–Crippen LogP) is 3.35. The van der Waals surface area contributed by atoms with Crippen LogP contribution in [-0.4, -0.2) is 26.0 Å². The third kappa shape index (κ3) is 3.65. The molecule has 21 heavy (non-hydrogen) atoms. The van der Waals surface area contributed by atoms with Crippen LogP contribution < -0.4 is 5.32 Å². The lowest BCUT2D eigenvalue weighted by Crippen LogP contribution is -2.38. The molecule has 1 aromatic heterocycles. The molecule has 1 aromatic carbocycles. The Labute approximate surface area is 130 Å². The van der Waals surface area contributed by atoms with Gasteiger partial charge in [0, 0.05) is 28.4 Å². The highest BCUT2D eigenvalue weighted by Gasteiger charge is 2.28. The number of rotatable bonds is 4. The minimum atomic E-state index is -2.90. The second kappa shape index (κ2) is 6.07. The molecule has 1 aliphatic carbocycles. The summed E-state index contributed by atoms with van der Waals surface area (Å²) >= 11 is 1.81. The van der Waals surface area contributed by atoms with Crippen LogP contribution in [0.1, 0.15) is 30.6 Å². The van der Waals surface area contributed by atoms with Gasteiger partial charge in [-0.2, -0.15) is 0 Å². The summed E-state index contributed by atoms with van der Waals surface area (Å²) in [6.07, 6.45) is 5.02. The van der Waals surface area contributed by atoms with Gasteiger partial charge >= 0.3 is 0 Å². The van der Waals surface area contributed by atoms with Crippen LogP contribution >= 0.6 is 11.3 Å². The van der Waals surface area contributed by atoms with E-state index in [1.54, 1.807) is 0 Å². The summed E-state index contributed by atoms with van der Waals surface area (Å²) in [5.74, 6) is 0. The quantitative estimate of drug-likeness (QED) is 0.938. The number of fused-ring (bicyclic) bond motifs is 1. The van der Waals surface area contributed by atoms with Crippen LogP contribution in [0.5, 0.6) is 0 Å². The van der Waals surface area contributed by atoms with Gasteiger partial charge in [-0.05, 0) is 36.8 Å². The van der Waals surface area contributed by atoms with Gasteiger partial charge in [0.15, 0.2) is 0 Å². The maximum Gasteiger partial charge on any atom is 0.150 e. The molecule has 1 heterocycles. The van der Waals surface area contributed by atoms with Crippen LogP contribution in [0.3, 0.4) is 0 Å². The molecule has 2 aromatic rings. The maximum absolute atomic E-state index is 11.7. The van der Waals surface area contributed by atoms with Crippen molar-refractivity contribution in [2.45, 2.75) is 43.5 Å². The van der Waals surface area contributed by atoms with Crippen molar-refractivity contribution in [1.82, 2.24) is 5.32 Å². The monoisotopic (exact) mass is 323 g/mol. The predicted molar refractivity (Wildman–Crippen MR) is 89.6 cm³/mol. The van der Waals surface area contributed by atoms with Crippen LogP contribution in [-0.2, 0) is 16.4 Å². The first kappa shape index (κ1) is 15.0. The molecular formula is C16H21NO2S2. The van der Waals surface area contributed by atoms with E-state index in [2.05, 4.69) is 35.6 Å². The van der Waals surface area contributed by atoms with E-state index in [-0.39, 0.29) is 5.25 Å². The van der Waals surface area contributed by atoms with Gasteiger partial charge < -0.3 is 5.32 Å². The van der Waals surface area contributed by atoms with E-state index in [1.807, 2.05) is 11.3 Å². The summed E-state index contributed by atoms with van der Waals surface area (Å²) in [5, 5.41) is 4.67. The Bertz CT molecular complexity index is 688. The van der Waals surface area contributed by atoms with Gasteiger partial charge in [0.25, 0.3) is 0 Å². The molecule has 114 valence electrons. The van der Waals surface area contributed by atoms with Gasteiger partial charge in [-0.3, -0.25) is 0 Å². The summed E-state index contributed by atoms with van der Waals surface area (Å²) in [7, 11) is -2.90. The Kier molecular flexibility index (Phi) is 4.33. The van der Waals surface area contributed by atoms with Gasteiger partial charge in [0.05, 0.1) is 5.25 Å². The number of thiophene rings is 1. The highest BCUT2D eigenvalue weighted by Crippen LogP contribution is 2.27. The Hall–Kier alpha value is -0.910. The molecule has 0 amide bonds. The molecule has 1 N–H and O–H groups in total. The van der Waals surface area contributed by atoms with Crippen LogP contribution in [0.2, 0.25) is 0 Å². The minimum Gasteiger partial charge on any atom is -0.309 e. The lowest BCUT2D eigenvalue weighted by molar-refractivity contribution is 0.372. The number of benzene rings is 1. The number of sulfone groups is 1. The molecular weight excluding hydrogens is 302 g/mol. The minimum absolute atomic E-state index is 0.161. The van der Waals surface area contributed by atoms with E-state index in [4.69, 9.17) is 0 Å². The highest BCUT2D eigenvalue weighted by atomic mass is 32.2. The van der Waals surface area contributed by atoms with E-state index in [0.717, 1.165) is 32.2 Å². The van der Waals surface area contributed by atoms with Gasteiger partial charge in [-0.25, -0.2) is 8.42 Å². The molecule has 0 spiro atoms. The molecule has 3 nitrogen and oxygen atoms in total. The fourth-order valence-corrected chi connectivity index (χ4v) is 5.28. The number of hydrogen-bond donors (Lipinski definition) is 1. The van der Waals surface area contributed by atoms with Crippen molar-refractivity contribution in [3.63, 3.8) is 0 Å². The normalized spacial score (nSPS) is 23.5. The molecule has 0 unspecified atom stereocenters. The van der Waals surface area contributed by atoms with Crippen molar-refractivity contribution in [2.75, 3.05) is 6.26 Å². The van der Waals surface area contributed by atoms with Crippen LogP contribution in [0.15, 0.2) is 30.3 Å². The van der Waals surface area contributed by atoms with E-state index in [1.165, 1.54) is 21.2 Å². The average Bonchev–Trinajstić information content (AvgIpc) is 2.87. The van der Waals surface area contributed by atoms with Crippen LogP contribution in [0.25, 0.3) is 10.1 Å². The third-order valence-corrected chi connectivity index (χ3v) is 7.03. The molecule has 1 saturated carbocycles. The molecule has 0 bridgehead atoms. The summed E-state index contributed by atoms with van der Waals surface area (Å²) in [6, 6.07) is 10.9. The Balaban J connectivity index is 1.62. The molecule has 1 aliphatic rings. The van der Waals surface area contributed by atoms with Crippen LogP contribution in [0, 0.1) is 0 Å². The third-order valence-electron chi connectivity index (χ3n) is 4.27. The topological polar surface area (TPSA) is 46.2 Å². The van der Waals surface area contributed by atoms with Gasteiger partial charge in [-0.1, -0.05) is 24.6 Å². The number of hydrogen-bond acceptors (Lipinski definition) is 4. The summed E-state index contributed by atoms with van der Waals surface area (Å²) in [5.41, 5.74) is 0. The maximum atomic E-state index is 11.7. The van der Waals surface area contributed by atoms with E-state index < -0.39 is 9.84 Å². The van der Waals surface area contributed by atoms with E-state index >= 15 is 0 Å². The first-order chi connectivity index (χ1) is 10.0. The molecule has 3 rings (SSSR count). The Morgan fingerprint density at radius 2 is 2.10 bits per heavy atom. The van der Waals surface area contributed by atoms with Crippen LogP contribution in [0.4, 0.5) is 0 Å². The largest absolute Gasteiger partial charge is 0.309 e. The zero-order valence-corrected chi connectivity index (χ0v) is 13.8. The molecule has 1 fully saturated rings. The van der Waals surface area contributed by atoms with Crippen molar-refractivity contribution in [3.05, 3.63) is 35.2 Å². The zero-order chi connectivity index (χ0) is 14.9. The summed E-state index contributed by atoms with van der Waals surface area (Å²) < 4.78 is 24.7. The van der Waals surface area contributed by atoms with Gasteiger partial charge in [0.1, 0.15) is 9.84 Å². The molecule has 0 aliphatic heterocycles. The molecule has 0 saturated heterocycles. The van der Waals surface area contributed by atoms with Crippen molar-refractivity contribution in [2.24, 2.45) is 0 Å². The smallest absolute Gasteiger partial charge is 0.150 e. The van der Waals surface area contributed by atoms with Crippen molar-refractivity contribution < 1.29 is 8.42 Å². The highest BCUT2D eigenvalue weighted by molar-refractivity contribution is 7.91. The average molecular weight is 323 g/mol. The summed E-state index contributed by atoms with van der Waals surface area (Å²) in [4.78, 5) is 1.32. The fourth-order valence-electron chi connectivity index (χ4n) is 3.09. The molecule has 5 heteroatoms. The zero-order valence-electron chi connectivity index (χ0n) is 12.2. The standard InChI is InChI=1S/C16H21NO2S2/c1-21(18,19)15-7-4-6-13(10-15)17-11-14-9-12-5-2-3-8-16(12)20-14/h2-3,5,8-9,13,15,17H,4,6-7,10-11H2,1H3/t13-,15+/m1/s1. The van der Waals surface area contributed by atoms with Crippen molar-refractivity contribution >= 4 is 31.3 Å². The summed E-state index contributed by atoms with van der Waals surface area (Å²) in [6.45, 7) is 0.834. The lowest BCUT2D eigenvalue weighted by Gasteiger charge is -2.28. The first-order valence-corrected chi connectivity index (χ1v) is 10.2. The van der Waals surface area contributed by atoms with E-state index in [9.17, 15) is 8.42 Å². The van der Waals surface area contributed by atoms with Crippen molar-refractivity contribution in [3.8, 4) is 0 Å². The number of nitrogens with one attached hydrogen (secondary N) is 1. The Morgan fingerprint density at radius 3 is 2.86 bits per heavy atom. The molecule has 2 atom stereocenters. The Morgan fingerprint density at radius 1 is 1.29 bits per heavy atom. The molecule has 0 radical (unpaired) electrons. The fraction of sp³-hybridized carbons (Fsp3) is 0.500.